The van der Waals surface area contributed by atoms with E-state index in [1.807, 2.05) is 6.08 Å². The fourth-order valence-corrected chi connectivity index (χ4v) is 1.35. The van der Waals surface area contributed by atoms with Crippen molar-refractivity contribution in [2.75, 3.05) is 39.8 Å². The number of likely N-dealkylation sites (N-methyl/N-ethyl adjacent to an activating group) is 1. The zero-order valence-electron chi connectivity index (χ0n) is 8.07. The molecule has 1 aliphatic rings. The second-order valence-electron chi connectivity index (χ2n) is 3.41. The van der Waals surface area contributed by atoms with Crippen molar-refractivity contribution in [2.45, 2.75) is 0 Å². The minimum Gasteiger partial charge on any atom is -0.366 e. The highest BCUT2D eigenvalue weighted by Gasteiger charge is 2.11. The minimum absolute atomic E-state index is 0.367. The highest BCUT2D eigenvalue weighted by Crippen LogP contribution is 1.98. The van der Waals surface area contributed by atoms with Gasteiger partial charge in [0.05, 0.1) is 0 Å². The van der Waals surface area contributed by atoms with Crippen LogP contribution in [0, 0.1) is 0 Å². The van der Waals surface area contributed by atoms with E-state index in [1.165, 1.54) is 6.08 Å². The molecule has 0 saturated carbocycles. The highest BCUT2D eigenvalue weighted by molar-refractivity contribution is 5.85. The molecule has 0 aromatic carbocycles. The molecule has 0 aliphatic carbocycles. The largest absolute Gasteiger partial charge is 0.366 e. The summed E-state index contributed by atoms with van der Waals surface area (Å²) in [6, 6.07) is 0. The Bertz CT molecular complexity index is 195. The number of hydrogen-bond donors (Lipinski definition) is 1. The quantitative estimate of drug-likeness (QED) is 0.587. The van der Waals surface area contributed by atoms with Gasteiger partial charge in [0.15, 0.2) is 0 Å². The van der Waals surface area contributed by atoms with E-state index in [2.05, 4.69) is 16.8 Å². The van der Waals surface area contributed by atoms with Gasteiger partial charge in [-0.3, -0.25) is 9.69 Å². The molecule has 0 spiro atoms. The molecule has 1 aliphatic heterocycles. The summed E-state index contributed by atoms with van der Waals surface area (Å²) >= 11 is 0. The molecule has 0 unspecified atom stereocenters. The number of nitrogens with zero attached hydrogens (tertiary/aromatic N) is 2. The number of rotatable bonds is 3. The van der Waals surface area contributed by atoms with Crippen LogP contribution in [-0.2, 0) is 4.79 Å². The maximum atomic E-state index is 10.4. The van der Waals surface area contributed by atoms with Crippen LogP contribution in [0.2, 0.25) is 0 Å². The molecule has 0 aromatic heterocycles. The van der Waals surface area contributed by atoms with Gasteiger partial charge >= 0.3 is 0 Å². The maximum absolute atomic E-state index is 10.4. The smallest absolute Gasteiger partial charge is 0.241 e. The van der Waals surface area contributed by atoms with Crippen LogP contribution in [0.3, 0.4) is 0 Å². The average molecular weight is 183 g/mol. The van der Waals surface area contributed by atoms with Gasteiger partial charge in [-0.1, -0.05) is 6.08 Å². The molecular weight excluding hydrogens is 166 g/mol. The molecule has 2 N–H and O–H groups in total. The van der Waals surface area contributed by atoms with Gasteiger partial charge < -0.3 is 10.6 Å². The van der Waals surface area contributed by atoms with Gasteiger partial charge in [0.1, 0.15) is 0 Å². The molecule has 0 radical (unpaired) electrons. The van der Waals surface area contributed by atoms with Crippen molar-refractivity contribution < 1.29 is 4.79 Å². The van der Waals surface area contributed by atoms with E-state index in [1.54, 1.807) is 0 Å². The Morgan fingerprint density at radius 1 is 1.38 bits per heavy atom. The number of hydrogen-bond acceptors (Lipinski definition) is 3. The average Bonchev–Trinajstić information content (AvgIpc) is 2.08. The Kier molecular flexibility index (Phi) is 3.92. The minimum atomic E-state index is -0.367. The molecule has 1 heterocycles. The third-order valence-corrected chi connectivity index (χ3v) is 2.24. The number of carbonyl (C=O) groups excluding carboxylic acids is 1. The molecule has 0 aromatic rings. The lowest BCUT2D eigenvalue weighted by Gasteiger charge is -2.31. The van der Waals surface area contributed by atoms with Crippen molar-refractivity contribution in [3.63, 3.8) is 0 Å². The molecular formula is C9H17N3O. The summed E-state index contributed by atoms with van der Waals surface area (Å²) in [4.78, 5) is 15.0. The van der Waals surface area contributed by atoms with Crippen LogP contribution in [0.25, 0.3) is 0 Å². The van der Waals surface area contributed by atoms with Gasteiger partial charge in [-0.25, -0.2) is 0 Å². The van der Waals surface area contributed by atoms with Crippen LogP contribution in [0.5, 0.6) is 0 Å². The Labute approximate surface area is 79.0 Å². The van der Waals surface area contributed by atoms with Crippen LogP contribution in [0.4, 0.5) is 0 Å². The standard InChI is InChI=1S/C9H17N3O/c1-11-5-7-12(8-6-11)4-2-3-9(10)13/h2-3H,4-8H2,1H3,(H2,10,13)/b3-2+. The third-order valence-electron chi connectivity index (χ3n) is 2.24. The topological polar surface area (TPSA) is 49.6 Å². The van der Waals surface area contributed by atoms with Crippen molar-refractivity contribution in [2.24, 2.45) is 5.73 Å². The summed E-state index contributed by atoms with van der Waals surface area (Å²) in [7, 11) is 2.12. The van der Waals surface area contributed by atoms with E-state index in [4.69, 9.17) is 5.73 Å². The van der Waals surface area contributed by atoms with Gasteiger partial charge in [0, 0.05) is 32.7 Å². The Hall–Kier alpha value is -0.870. The highest BCUT2D eigenvalue weighted by atomic mass is 16.1. The number of amides is 1. The first kappa shape index (κ1) is 10.2. The van der Waals surface area contributed by atoms with Crippen molar-refractivity contribution in [1.82, 2.24) is 9.80 Å². The van der Waals surface area contributed by atoms with E-state index >= 15 is 0 Å². The lowest BCUT2D eigenvalue weighted by Crippen LogP contribution is -2.44. The Morgan fingerprint density at radius 3 is 2.54 bits per heavy atom. The van der Waals surface area contributed by atoms with Gasteiger partial charge in [-0.2, -0.15) is 0 Å². The molecule has 4 heteroatoms. The van der Waals surface area contributed by atoms with Crippen LogP contribution in [-0.4, -0.2) is 55.5 Å². The monoisotopic (exact) mass is 183 g/mol. The van der Waals surface area contributed by atoms with Crippen LogP contribution in [0.15, 0.2) is 12.2 Å². The number of piperazine rings is 1. The molecule has 1 rings (SSSR count). The predicted octanol–water partition coefficient (Wildman–Crippen LogP) is -0.725. The summed E-state index contributed by atoms with van der Waals surface area (Å²) < 4.78 is 0. The fourth-order valence-electron chi connectivity index (χ4n) is 1.35. The molecule has 13 heavy (non-hydrogen) atoms. The maximum Gasteiger partial charge on any atom is 0.241 e. The van der Waals surface area contributed by atoms with Gasteiger partial charge in [-0.05, 0) is 13.1 Å². The fraction of sp³-hybridized carbons (Fsp3) is 0.667. The molecule has 1 saturated heterocycles. The second-order valence-corrected chi connectivity index (χ2v) is 3.41. The second kappa shape index (κ2) is 4.99. The van der Waals surface area contributed by atoms with Crippen LogP contribution >= 0.6 is 0 Å². The summed E-state index contributed by atoms with van der Waals surface area (Å²) in [5.41, 5.74) is 4.98. The van der Waals surface area contributed by atoms with E-state index < -0.39 is 0 Å². The predicted molar refractivity (Wildman–Crippen MR) is 52.3 cm³/mol. The van der Waals surface area contributed by atoms with Gasteiger partial charge in [-0.15, -0.1) is 0 Å². The molecule has 0 bridgehead atoms. The lowest BCUT2D eigenvalue weighted by molar-refractivity contribution is -0.113. The Morgan fingerprint density at radius 2 is 2.00 bits per heavy atom. The van der Waals surface area contributed by atoms with Gasteiger partial charge in [0.25, 0.3) is 0 Å². The molecule has 1 amide bonds. The number of nitrogens with two attached hydrogens (primary N) is 1. The first-order valence-corrected chi connectivity index (χ1v) is 4.55. The summed E-state index contributed by atoms with van der Waals surface area (Å²) in [5, 5.41) is 0. The first-order chi connectivity index (χ1) is 6.18. The third kappa shape index (κ3) is 4.05. The van der Waals surface area contributed by atoms with E-state index in [0.717, 1.165) is 32.7 Å². The molecule has 1 fully saturated rings. The van der Waals surface area contributed by atoms with Gasteiger partial charge in [0.2, 0.25) is 5.91 Å². The van der Waals surface area contributed by atoms with Crippen molar-refractivity contribution in [3.05, 3.63) is 12.2 Å². The summed E-state index contributed by atoms with van der Waals surface area (Å²) in [6.45, 7) is 5.17. The zero-order valence-corrected chi connectivity index (χ0v) is 8.07. The van der Waals surface area contributed by atoms with Crippen molar-refractivity contribution in [1.29, 1.82) is 0 Å². The molecule has 0 atom stereocenters. The zero-order chi connectivity index (χ0) is 9.68. The molecule has 74 valence electrons. The normalized spacial score (nSPS) is 21.0. The van der Waals surface area contributed by atoms with Crippen LogP contribution < -0.4 is 5.73 Å². The SMILES string of the molecule is CN1CCN(C/C=C/C(N)=O)CC1. The first-order valence-electron chi connectivity index (χ1n) is 4.55. The summed E-state index contributed by atoms with van der Waals surface area (Å²) in [6.07, 6.45) is 3.26. The van der Waals surface area contributed by atoms with E-state index in [9.17, 15) is 4.79 Å². The lowest BCUT2D eigenvalue weighted by atomic mass is 10.3. The van der Waals surface area contributed by atoms with Crippen molar-refractivity contribution in [3.8, 4) is 0 Å². The van der Waals surface area contributed by atoms with Crippen LogP contribution in [0.1, 0.15) is 0 Å². The Balaban J connectivity index is 2.19. The summed E-state index contributed by atoms with van der Waals surface area (Å²) in [5.74, 6) is -0.367. The van der Waals surface area contributed by atoms with E-state index in [0.29, 0.717) is 0 Å². The number of primary amides is 1. The molecule has 4 nitrogen and oxygen atoms in total. The number of carbonyl (C=O) groups is 1. The van der Waals surface area contributed by atoms with Crippen molar-refractivity contribution >= 4 is 5.91 Å². The van der Waals surface area contributed by atoms with E-state index in [-0.39, 0.29) is 5.91 Å².